The minimum absolute atomic E-state index is 0.268. The minimum atomic E-state index is -0.655. The van der Waals surface area contributed by atoms with Gasteiger partial charge >= 0.3 is 12.1 Å². The third-order valence-corrected chi connectivity index (χ3v) is 6.04. The first kappa shape index (κ1) is 24.0. The Kier molecular flexibility index (Phi) is 7.38. The Morgan fingerprint density at radius 3 is 2.78 bits per heavy atom. The summed E-state index contributed by atoms with van der Waals surface area (Å²) in [5, 5.41) is 5.78. The van der Waals surface area contributed by atoms with Gasteiger partial charge in [0, 0.05) is 25.1 Å². The first-order chi connectivity index (χ1) is 15.2. The first-order valence-electron chi connectivity index (χ1n) is 11.0. The highest BCUT2D eigenvalue weighted by Crippen LogP contribution is 2.42. The van der Waals surface area contributed by atoms with Gasteiger partial charge in [-0.1, -0.05) is 24.7 Å². The third kappa shape index (κ3) is 5.38. The molecule has 1 saturated carbocycles. The Labute approximate surface area is 194 Å². The van der Waals surface area contributed by atoms with E-state index < -0.39 is 29.2 Å². The number of carbonyl (C=O) groups is 2. The Balaban J connectivity index is 1.84. The Hall–Kier alpha value is -2.68. The number of pyridine rings is 1. The second-order valence-corrected chi connectivity index (χ2v) is 9.43. The number of imidazole rings is 1. The van der Waals surface area contributed by atoms with Gasteiger partial charge in [0.25, 0.3) is 0 Å². The summed E-state index contributed by atoms with van der Waals surface area (Å²) in [4.78, 5) is 29.6. The summed E-state index contributed by atoms with van der Waals surface area (Å²) in [5.41, 5.74) is 0.524. The van der Waals surface area contributed by atoms with E-state index in [-0.39, 0.29) is 6.54 Å². The van der Waals surface area contributed by atoms with Crippen molar-refractivity contribution in [3.63, 3.8) is 0 Å². The van der Waals surface area contributed by atoms with Crippen molar-refractivity contribution in [3.05, 3.63) is 36.3 Å². The number of thiocarbonyl (C=S) groups is 1. The summed E-state index contributed by atoms with van der Waals surface area (Å²) >= 11 is 5.85. The van der Waals surface area contributed by atoms with Crippen LogP contribution in [0.1, 0.15) is 58.9 Å². The molecule has 2 aromatic rings. The monoisotopic (exact) mass is 460 g/mol. The van der Waals surface area contributed by atoms with E-state index >= 15 is 0 Å². The summed E-state index contributed by atoms with van der Waals surface area (Å²) in [6.07, 6.45) is 7.89. The molecule has 3 rings (SSSR count). The summed E-state index contributed by atoms with van der Waals surface area (Å²) in [5.74, 6) is -0.518. The Bertz CT molecular complexity index is 984. The number of amides is 1. The molecule has 0 aromatic carbocycles. The molecule has 2 atom stereocenters. The lowest BCUT2D eigenvalue weighted by Crippen LogP contribution is -2.55. The van der Waals surface area contributed by atoms with E-state index in [0.29, 0.717) is 18.0 Å². The average molecular weight is 461 g/mol. The number of nitrogens with one attached hydrogen (secondary N) is 2. The number of hydrogen-bond donors (Lipinski definition) is 2. The zero-order chi connectivity index (χ0) is 23.4. The predicted molar refractivity (Wildman–Crippen MR) is 126 cm³/mol. The number of likely N-dealkylation sites (N-methyl/N-ethyl adjacent to an activating group) is 1. The van der Waals surface area contributed by atoms with E-state index in [2.05, 4.69) is 15.6 Å². The lowest BCUT2D eigenvalue weighted by molar-refractivity contribution is -0.152. The molecule has 0 saturated heterocycles. The molecule has 2 N–H and O–H groups in total. The second kappa shape index (κ2) is 9.85. The minimum Gasteiger partial charge on any atom is -0.460 e. The van der Waals surface area contributed by atoms with Gasteiger partial charge in [-0.3, -0.25) is 4.79 Å². The number of hydrogen-bond acceptors (Lipinski definition) is 6. The number of ether oxygens (including phenoxy) is 2. The van der Waals surface area contributed by atoms with E-state index in [1.54, 1.807) is 27.0 Å². The van der Waals surface area contributed by atoms with Crippen LogP contribution in [0, 0.1) is 0 Å². The number of aromatic nitrogens is 2. The molecule has 1 aliphatic rings. The fourth-order valence-corrected chi connectivity index (χ4v) is 4.68. The van der Waals surface area contributed by atoms with E-state index in [4.69, 9.17) is 21.7 Å². The molecule has 8 nitrogen and oxygen atoms in total. The van der Waals surface area contributed by atoms with Crippen LogP contribution in [0.25, 0.3) is 5.65 Å². The quantitative estimate of drug-likeness (QED) is 0.503. The SMILES string of the molecule is CCNC(=S)C1(c2ccc3nccn3c2)CCCCC1OC(=O)CNC(=O)OC(C)(C)C. The van der Waals surface area contributed by atoms with Gasteiger partial charge in [-0.2, -0.15) is 0 Å². The fourth-order valence-electron chi connectivity index (χ4n) is 4.18. The van der Waals surface area contributed by atoms with Crippen molar-refractivity contribution in [2.75, 3.05) is 13.1 Å². The highest BCUT2D eigenvalue weighted by atomic mass is 32.1. The van der Waals surface area contributed by atoms with Crippen molar-refractivity contribution in [3.8, 4) is 0 Å². The zero-order valence-electron chi connectivity index (χ0n) is 19.1. The first-order valence-corrected chi connectivity index (χ1v) is 11.4. The molecular formula is C23H32N4O4S. The number of rotatable bonds is 6. The third-order valence-electron chi connectivity index (χ3n) is 5.53. The van der Waals surface area contributed by atoms with Gasteiger partial charge in [-0.15, -0.1) is 0 Å². The van der Waals surface area contributed by atoms with E-state index in [1.807, 2.05) is 35.9 Å². The maximum absolute atomic E-state index is 12.7. The van der Waals surface area contributed by atoms with Crippen LogP contribution >= 0.6 is 12.2 Å². The lowest BCUT2D eigenvalue weighted by Gasteiger charge is -2.44. The van der Waals surface area contributed by atoms with Crippen LogP contribution in [0.15, 0.2) is 30.7 Å². The Morgan fingerprint density at radius 2 is 2.06 bits per heavy atom. The van der Waals surface area contributed by atoms with Crippen molar-refractivity contribution < 1.29 is 19.1 Å². The van der Waals surface area contributed by atoms with Crippen LogP contribution in [0.2, 0.25) is 0 Å². The highest BCUT2D eigenvalue weighted by molar-refractivity contribution is 7.80. The summed E-state index contributed by atoms with van der Waals surface area (Å²) in [6, 6.07) is 3.96. The molecule has 2 unspecified atom stereocenters. The maximum atomic E-state index is 12.7. The van der Waals surface area contributed by atoms with Gasteiger partial charge in [0.2, 0.25) is 0 Å². The molecule has 2 heterocycles. The van der Waals surface area contributed by atoms with Crippen molar-refractivity contribution in [2.24, 2.45) is 0 Å². The molecule has 32 heavy (non-hydrogen) atoms. The predicted octanol–water partition coefficient (Wildman–Crippen LogP) is 3.52. The summed E-state index contributed by atoms with van der Waals surface area (Å²) < 4.78 is 13.1. The molecule has 1 fully saturated rings. The maximum Gasteiger partial charge on any atom is 0.408 e. The molecule has 1 amide bonds. The van der Waals surface area contributed by atoms with Gasteiger partial charge in [-0.25, -0.2) is 9.78 Å². The second-order valence-electron chi connectivity index (χ2n) is 9.02. The summed E-state index contributed by atoms with van der Waals surface area (Å²) in [7, 11) is 0. The topological polar surface area (TPSA) is 94.0 Å². The van der Waals surface area contributed by atoms with E-state index in [9.17, 15) is 9.59 Å². The number of fused-ring (bicyclic) bond motifs is 1. The smallest absolute Gasteiger partial charge is 0.408 e. The normalized spacial score (nSPS) is 21.1. The standard InChI is InChI=1S/C23H32N4O4S/c1-5-24-20(32)23(16-9-10-18-25-12-13-27(18)15-16)11-7-6-8-17(23)30-19(28)14-26-21(29)31-22(2,3)4/h9-10,12-13,15,17H,5-8,11,14H2,1-4H3,(H,24,32)(H,26,29). The van der Waals surface area contributed by atoms with Gasteiger partial charge < -0.3 is 24.5 Å². The summed E-state index contributed by atoms with van der Waals surface area (Å²) in [6.45, 7) is 7.69. The molecule has 0 aliphatic heterocycles. The molecule has 0 spiro atoms. The number of nitrogens with zero attached hydrogens (tertiary/aromatic N) is 2. The van der Waals surface area contributed by atoms with E-state index in [1.165, 1.54) is 0 Å². The molecular weight excluding hydrogens is 428 g/mol. The van der Waals surface area contributed by atoms with Crippen LogP contribution in [0.3, 0.4) is 0 Å². The number of carbonyl (C=O) groups excluding carboxylic acids is 2. The molecule has 9 heteroatoms. The number of esters is 1. The van der Waals surface area contributed by atoms with Crippen LogP contribution < -0.4 is 10.6 Å². The molecule has 2 aromatic heterocycles. The Morgan fingerprint density at radius 1 is 1.28 bits per heavy atom. The lowest BCUT2D eigenvalue weighted by atomic mass is 9.67. The molecule has 0 radical (unpaired) electrons. The molecule has 1 aliphatic carbocycles. The molecule has 174 valence electrons. The van der Waals surface area contributed by atoms with Gasteiger partial charge in [0.05, 0.1) is 10.4 Å². The van der Waals surface area contributed by atoms with E-state index in [0.717, 1.165) is 30.5 Å². The van der Waals surface area contributed by atoms with Crippen molar-refractivity contribution in [1.82, 2.24) is 20.0 Å². The van der Waals surface area contributed by atoms with Crippen molar-refractivity contribution in [1.29, 1.82) is 0 Å². The fraction of sp³-hybridized carbons (Fsp3) is 0.565. The highest BCUT2D eigenvalue weighted by Gasteiger charge is 2.48. The van der Waals surface area contributed by atoms with Crippen LogP contribution in [-0.2, 0) is 19.7 Å². The van der Waals surface area contributed by atoms with Crippen molar-refractivity contribution in [2.45, 2.75) is 70.5 Å². The van der Waals surface area contributed by atoms with Gasteiger partial charge in [0.1, 0.15) is 23.9 Å². The van der Waals surface area contributed by atoms with Crippen LogP contribution in [0.4, 0.5) is 4.79 Å². The van der Waals surface area contributed by atoms with Crippen LogP contribution in [-0.4, -0.2) is 51.2 Å². The average Bonchev–Trinajstić information content (AvgIpc) is 3.19. The van der Waals surface area contributed by atoms with Crippen LogP contribution in [0.5, 0.6) is 0 Å². The largest absolute Gasteiger partial charge is 0.460 e. The van der Waals surface area contributed by atoms with Gasteiger partial charge in [0.15, 0.2) is 0 Å². The van der Waals surface area contributed by atoms with Crippen molar-refractivity contribution >= 4 is 34.9 Å². The van der Waals surface area contributed by atoms with Gasteiger partial charge in [-0.05, 0) is 58.6 Å². The number of alkyl carbamates (subject to hydrolysis) is 1. The molecule has 0 bridgehead atoms. The zero-order valence-corrected chi connectivity index (χ0v) is 20.0.